The van der Waals surface area contributed by atoms with E-state index in [9.17, 15) is 0 Å². The highest BCUT2D eigenvalue weighted by Crippen LogP contribution is 2.24. The predicted molar refractivity (Wildman–Crippen MR) is 61.7 cm³/mol. The van der Waals surface area contributed by atoms with E-state index in [0.29, 0.717) is 5.41 Å². The van der Waals surface area contributed by atoms with Crippen LogP contribution in [0.1, 0.15) is 32.4 Å². The summed E-state index contributed by atoms with van der Waals surface area (Å²) in [7, 11) is 1.97. The summed E-state index contributed by atoms with van der Waals surface area (Å²) >= 11 is 0. The molecule has 1 aliphatic rings. The summed E-state index contributed by atoms with van der Waals surface area (Å²) in [4.78, 5) is 0. The second kappa shape index (κ2) is 3.97. The average molecular weight is 207 g/mol. The normalized spacial score (nSPS) is 17.0. The van der Waals surface area contributed by atoms with E-state index in [2.05, 4.69) is 30.3 Å². The first-order chi connectivity index (χ1) is 7.05. The first-order valence-corrected chi connectivity index (χ1v) is 5.77. The molecule has 0 aliphatic heterocycles. The third-order valence-corrected chi connectivity index (χ3v) is 2.88. The molecule has 1 aromatic heterocycles. The summed E-state index contributed by atoms with van der Waals surface area (Å²) in [6, 6.07) is 2.91. The van der Waals surface area contributed by atoms with Gasteiger partial charge in [0.2, 0.25) is 0 Å². The van der Waals surface area contributed by atoms with Crippen molar-refractivity contribution < 1.29 is 0 Å². The lowest BCUT2D eigenvalue weighted by molar-refractivity contribution is 0.333. The van der Waals surface area contributed by atoms with Gasteiger partial charge in [0.15, 0.2) is 0 Å². The molecule has 1 aliphatic carbocycles. The smallest absolute Gasteiger partial charge is 0.0630 e. The van der Waals surface area contributed by atoms with Crippen molar-refractivity contribution in [2.75, 3.05) is 6.54 Å². The molecule has 0 atom stereocenters. The molecule has 0 unspecified atom stereocenters. The van der Waals surface area contributed by atoms with Gasteiger partial charge >= 0.3 is 0 Å². The van der Waals surface area contributed by atoms with Crippen molar-refractivity contribution in [3.63, 3.8) is 0 Å². The second-order valence-electron chi connectivity index (χ2n) is 5.48. The van der Waals surface area contributed by atoms with Crippen LogP contribution in [0.15, 0.2) is 12.3 Å². The van der Waals surface area contributed by atoms with E-state index in [4.69, 9.17) is 0 Å². The van der Waals surface area contributed by atoms with Crippen LogP contribution in [0.5, 0.6) is 0 Å². The molecule has 84 valence electrons. The molecule has 2 rings (SSSR count). The van der Waals surface area contributed by atoms with Gasteiger partial charge in [-0.15, -0.1) is 0 Å². The molecule has 0 amide bonds. The number of rotatable bonds is 5. The minimum atomic E-state index is 0.303. The number of nitrogens with zero attached hydrogens (tertiary/aromatic N) is 2. The summed E-state index contributed by atoms with van der Waals surface area (Å²) in [5.74, 6) is 0. The Morgan fingerprint density at radius 1 is 1.53 bits per heavy atom. The Labute approximate surface area is 91.9 Å². The fraction of sp³-hybridized carbons (Fsp3) is 0.750. The van der Waals surface area contributed by atoms with Crippen molar-refractivity contribution in [3.8, 4) is 0 Å². The van der Waals surface area contributed by atoms with Gasteiger partial charge in [0.05, 0.1) is 5.69 Å². The predicted octanol–water partition coefficient (Wildman–Crippen LogP) is 1.74. The fourth-order valence-electron chi connectivity index (χ4n) is 1.82. The number of hydrogen-bond donors (Lipinski definition) is 1. The van der Waals surface area contributed by atoms with Crippen molar-refractivity contribution in [1.29, 1.82) is 0 Å². The van der Waals surface area contributed by atoms with E-state index in [1.807, 2.05) is 17.9 Å². The first kappa shape index (κ1) is 10.7. The third-order valence-electron chi connectivity index (χ3n) is 2.88. The van der Waals surface area contributed by atoms with Crippen LogP contribution in [0.3, 0.4) is 0 Å². The maximum Gasteiger partial charge on any atom is 0.0630 e. The quantitative estimate of drug-likeness (QED) is 0.797. The zero-order valence-electron chi connectivity index (χ0n) is 9.95. The van der Waals surface area contributed by atoms with Crippen molar-refractivity contribution in [2.24, 2.45) is 12.5 Å². The lowest BCUT2D eigenvalue weighted by atomic mass is 9.88. The van der Waals surface area contributed by atoms with Crippen molar-refractivity contribution in [1.82, 2.24) is 15.1 Å². The van der Waals surface area contributed by atoms with Gasteiger partial charge in [0, 0.05) is 25.8 Å². The molecule has 0 radical (unpaired) electrons. The van der Waals surface area contributed by atoms with E-state index in [1.54, 1.807) is 0 Å². The summed E-state index contributed by atoms with van der Waals surface area (Å²) < 4.78 is 1.87. The standard InChI is InChI=1S/C12H21N3/c1-12(2,9-13-10-4-5-10)8-11-6-7-15(3)14-11/h6-7,10,13H,4-5,8-9H2,1-3H3. The van der Waals surface area contributed by atoms with Crippen molar-refractivity contribution in [2.45, 2.75) is 39.2 Å². The first-order valence-electron chi connectivity index (χ1n) is 5.77. The van der Waals surface area contributed by atoms with Gasteiger partial charge in [-0.1, -0.05) is 13.8 Å². The molecular formula is C12H21N3. The summed E-state index contributed by atoms with van der Waals surface area (Å²) in [6.45, 7) is 5.70. The Kier molecular flexibility index (Phi) is 2.83. The average Bonchev–Trinajstić information content (AvgIpc) is 2.88. The zero-order valence-corrected chi connectivity index (χ0v) is 9.95. The van der Waals surface area contributed by atoms with Crippen LogP contribution in [0.2, 0.25) is 0 Å². The molecule has 1 aromatic rings. The Bertz CT molecular complexity index is 323. The summed E-state index contributed by atoms with van der Waals surface area (Å²) in [5.41, 5.74) is 1.50. The van der Waals surface area contributed by atoms with Crippen LogP contribution < -0.4 is 5.32 Å². The highest BCUT2D eigenvalue weighted by molar-refractivity contribution is 5.02. The molecule has 15 heavy (non-hydrogen) atoms. The Balaban J connectivity index is 1.84. The Morgan fingerprint density at radius 2 is 2.27 bits per heavy atom. The molecule has 0 aromatic carbocycles. The lowest BCUT2D eigenvalue weighted by Gasteiger charge is -2.24. The third kappa shape index (κ3) is 3.34. The molecule has 3 heteroatoms. The summed E-state index contributed by atoms with van der Waals surface area (Å²) in [5, 5.41) is 8.02. The van der Waals surface area contributed by atoms with Gasteiger partial charge in [-0.2, -0.15) is 5.10 Å². The maximum atomic E-state index is 4.43. The van der Waals surface area contributed by atoms with Crippen LogP contribution in [0.4, 0.5) is 0 Å². The molecule has 1 saturated carbocycles. The number of aryl methyl sites for hydroxylation is 1. The maximum absolute atomic E-state index is 4.43. The van der Waals surface area contributed by atoms with E-state index in [1.165, 1.54) is 18.5 Å². The van der Waals surface area contributed by atoms with Gasteiger partial charge < -0.3 is 5.32 Å². The molecule has 0 spiro atoms. The van der Waals surface area contributed by atoms with E-state index < -0.39 is 0 Å². The Hall–Kier alpha value is -0.830. The van der Waals surface area contributed by atoms with Gasteiger partial charge in [-0.05, 0) is 30.7 Å². The van der Waals surface area contributed by atoms with E-state index >= 15 is 0 Å². The molecule has 1 heterocycles. The van der Waals surface area contributed by atoms with Gasteiger partial charge in [-0.3, -0.25) is 4.68 Å². The van der Waals surface area contributed by atoms with Gasteiger partial charge in [0.1, 0.15) is 0 Å². The largest absolute Gasteiger partial charge is 0.313 e. The zero-order chi connectivity index (χ0) is 10.9. The highest BCUT2D eigenvalue weighted by Gasteiger charge is 2.25. The second-order valence-corrected chi connectivity index (χ2v) is 5.48. The minimum absolute atomic E-state index is 0.303. The fourth-order valence-corrected chi connectivity index (χ4v) is 1.82. The minimum Gasteiger partial charge on any atom is -0.313 e. The molecule has 0 bridgehead atoms. The lowest BCUT2D eigenvalue weighted by Crippen LogP contribution is -2.32. The van der Waals surface area contributed by atoms with Crippen LogP contribution in [0.25, 0.3) is 0 Å². The van der Waals surface area contributed by atoms with Crippen molar-refractivity contribution in [3.05, 3.63) is 18.0 Å². The molecular weight excluding hydrogens is 186 g/mol. The van der Waals surface area contributed by atoms with Crippen LogP contribution in [-0.2, 0) is 13.5 Å². The van der Waals surface area contributed by atoms with Crippen LogP contribution in [0, 0.1) is 5.41 Å². The van der Waals surface area contributed by atoms with E-state index in [0.717, 1.165) is 19.0 Å². The topological polar surface area (TPSA) is 29.9 Å². The SMILES string of the molecule is Cn1ccc(CC(C)(C)CNC2CC2)n1. The van der Waals surface area contributed by atoms with Crippen LogP contribution in [-0.4, -0.2) is 22.4 Å². The molecule has 1 fully saturated rings. The van der Waals surface area contributed by atoms with Crippen LogP contribution >= 0.6 is 0 Å². The number of aromatic nitrogens is 2. The number of nitrogens with one attached hydrogen (secondary N) is 1. The van der Waals surface area contributed by atoms with Crippen molar-refractivity contribution >= 4 is 0 Å². The highest BCUT2D eigenvalue weighted by atomic mass is 15.2. The van der Waals surface area contributed by atoms with Gasteiger partial charge in [-0.25, -0.2) is 0 Å². The molecule has 0 saturated heterocycles. The molecule has 1 N–H and O–H groups in total. The van der Waals surface area contributed by atoms with Gasteiger partial charge in [0.25, 0.3) is 0 Å². The monoisotopic (exact) mass is 207 g/mol. The Morgan fingerprint density at radius 3 is 2.80 bits per heavy atom. The molecule has 3 nitrogen and oxygen atoms in total. The number of hydrogen-bond acceptors (Lipinski definition) is 2. The summed E-state index contributed by atoms with van der Waals surface area (Å²) in [6.07, 6.45) is 5.78. The van der Waals surface area contributed by atoms with E-state index in [-0.39, 0.29) is 0 Å².